The first-order valence-corrected chi connectivity index (χ1v) is 10.0. The Kier molecular flexibility index (Phi) is 3.72. The van der Waals surface area contributed by atoms with E-state index in [0.29, 0.717) is 17.1 Å². The lowest BCUT2D eigenvalue weighted by Crippen LogP contribution is -2.54. The van der Waals surface area contributed by atoms with E-state index >= 15 is 0 Å². The summed E-state index contributed by atoms with van der Waals surface area (Å²) in [5, 5.41) is 10.3. The lowest BCUT2D eigenvalue weighted by Gasteiger charge is -2.61. The van der Waals surface area contributed by atoms with Crippen molar-refractivity contribution in [2.75, 3.05) is 0 Å². The summed E-state index contributed by atoms with van der Waals surface area (Å²) in [6.45, 7) is 6.74. The summed E-state index contributed by atoms with van der Waals surface area (Å²) in [4.78, 5) is 12.2. The Balaban J connectivity index is 1.63. The third-order valence-corrected chi connectivity index (χ3v) is 9.08. The first-order valence-electron chi connectivity index (χ1n) is 10.0. The molecule has 4 aliphatic rings. The van der Waals surface area contributed by atoms with Gasteiger partial charge in [-0.3, -0.25) is 4.79 Å². The number of carbonyl (C=O) groups excluding carboxylic acids is 1. The lowest BCUT2D eigenvalue weighted by molar-refractivity contribution is -0.139. The predicted octanol–water partition coefficient (Wildman–Crippen LogP) is 4.60. The molecule has 0 saturated heterocycles. The van der Waals surface area contributed by atoms with Crippen molar-refractivity contribution in [3.05, 3.63) is 0 Å². The molecule has 0 amide bonds. The van der Waals surface area contributed by atoms with Crippen molar-refractivity contribution in [2.24, 2.45) is 40.4 Å². The number of Topliss-reactive ketones (excluding diaryl/α,β-unsaturated/α-hetero) is 1. The molecule has 0 aromatic rings. The van der Waals surface area contributed by atoms with Gasteiger partial charge in [0.2, 0.25) is 0 Å². The predicted molar refractivity (Wildman–Crippen MR) is 91.9 cm³/mol. The van der Waals surface area contributed by atoms with Gasteiger partial charge in [0, 0.05) is 5.92 Å². The number of fused-ring (bicyclic) bond motifs is 5. The molecule has 23 heavy (non-hydrogen) atoms. The Morgan fingerprint density at radius 2 is 1.61 bits per heavy atom. The summed E-state index contributed by atoms with van der Waals surface area (Å²) >= 11 is 0. The van der Waals surface area contributed by atoms with Crippen molar-refractivity contribution in [2.45, 2.75) is 84.7 Å². The van der Waals surface area contributed by atoms with Gasteiger partial charge in [-0.1, -0.05) is 13.8 Å². The van der Waals surface area contributed by atoms with E-state index in [-0.39, 0.29) is 11.5 Å². The van der Waals surface area contributed by atoms with Crippen LogP contribution in [0, 0.1) is 40.4 Å². The van der Waals surface area contributed by atoms with E-state index in [4.69, 9.17) is 0 Å². The second-order valence-electron chi connectivity index (χ2n) is 9.88. The first kappa shape index (κ1) is 16.1. The van der Waals surface area contributed by atoms with E-state index in [9.17, 15) is 9.90 Å². The lowest BCUT2D eigenvalue weighted by atomic mass is 9.44. The normalized spacial score (nSPS) is 55.7. The molecule has 0 radical (unpaired) electrons. The molecule has 0 bridgehead atoms. The molecule has 8 atom stereocenters. The molecule has 0 aliphatic heterocycles. The zero-order valence-corrected chi connectivity index (χ0v) is 15.2. The summed E-state index contributed by atoms with van der Waals surface area (Å²) in [5.74, 6) is 3.94. The minimum Gasteiger partial charge on any atom is -0.393 e. The summed E-state index contributed by atoms with van der Waals surface area (Å²) in [6, 6.07) is 0. The van der Waals surface area contributed by atoms with Crippen LogP contribution in [0.5, 0.6) is 0 Å². The van der Waals surface area contributed by atoms with Crippen molar-refractivity contribution >= 4 is 5.78 Å². The van der Waals surface area contributed by atoms with Crippen LogP contribution in [0.4, 0.5) is 0 Å². The Hall–Kier alpha value is -0.370. The highest BCUT2D eigenvalue weighted by atomic mass is 16.3. The summed E-state index contributed by atoms with van der Waals surface area (Å²) in [7, 11) is 0. The SMILES string of the molecule is CC(=O)[C@H]1CC[C@H]2[C@@H]3CCC4CCC(O)C[C@]4(C)[C@H]3CC[C@]12C. The molecule has 1 N–H and O–H groups in total. The molecule has 0 aromatic carbocycles. The Morgan fingerprint density at radius 3 is 2.35 bits per heavy atom. The summed E-state index contributed by atoms with van der Waals surface area (Å²) in [6.07, 6.45) is 10.9. The van der Waals surface area contributed by atoms with Gasteiger partial charge in [-0.25, -0.2) is 0 Å². The first-order chi connectivity index (χ1) is 10.9. The Morgan fingerprint density at radius 1 is 0.913 bits per heavy atom. The van der Waals surface area contributed by atoms with Crippen LogP contribution < -0.4 is 0 Å². The number of aliphatic hydroxyl groups is 1. The van der Waals surface area contributed by atoms with Crippen molar-refractivity contribution < 1.29 is 9.90 Å². The van der Waals surface area contributed by atoms with Gasteiger partial charge in [-0.05, 0) is 99.2 Å². The van der Waals surface area contributed by atoms with E-state index in [0.717, 1.165) is 42.9 Å². The quantitative estimate of drug-likeness (QED) is 0.767. The van der Waals surface area contributed by atoms with Crippen molar-refractivity contribution in [1.82, 2.24) is 0 Å². The van der Waals surface area contributed by atoms with E-state index in [1.165, 1.54) is 38.5 Å². The molecule has 0 heterocycles. The number of carbonyl (C=O) groups is 1. The molecule has 0 aromatic heterocycles. The van der Waals surface area contributed by atoms with Gasteiger partial charge < -0.3 is 5.11 Å². The van der Waals surface area contributed by atoms with Crippen molar-refractivity contribution in [3.8, 4) is 0 Å². The largest absolute Gasteiger partial charge is 0.393 e. The highest BCUT2D eigenvalue weighted by Crippen LogP contribution is 2.67. The number of hydrogen-bond acceptors (Lipinski definition) is 2. The number of rotatable bonds is 1. The second kappa shape index (κ2) is 5.31. The van der Waals surface area contributed by atoms with Gasteiger partial charge in [-0.15, -0.1) is 0 Å². The van der Waals surface area contributed by atoms with E-state index in [1.54, 1.807) is 0 Å². The van der Waals surface area contributed by atoms with Crippen molar-refractivity contribution in [1.29, 1.82) is 0 Å². The second-order valence-corrected chi connectivity index (χ2v) is 9.88. The zero-order valence-electron chi connectivity index (χ0n) is 15.2. The molecule has 2 unspecified atom stereocenters. The van der Waals surface area contributed by atoms with Crippen LogP contribution in [0.25, 0.3) is 0 Å². The van der Waals surface area contributed by atoms with Gasteiger partial charge >= 0.3 is 0 Å². The van der Waals surface area contributed by atoms with Crippen LogP contribution in [-0.4, -0.2) is 17.0 Å². The average molecular weight is 319 g/mol. The molecule has 0 spiro atoms. The van der Waals surface area contributed by atoms with E-state index < -0.39 is 0 Å². The minimum atomic E-state index is -0.0724. The third kappa shape index (κ3) is 2.19. The van der Waals surface area contributed by atoms with Crippen molar-refractivity contribution in [3.63, 3.8) is 0 Å². The van der Waals surface area contributed by atoms with Crippen LogP contribution in [0.1, 0.15) is 78.6 Å². The Labute approximate surface area is 141 Å². The molecule has 4 rings (SSSR count). The van der Waals surface area contributed by atoms with Crippen LogP contribution in [0.15, 0.2) is 0 Å². The van der Waals surface area contributed by atoms with Gasteiger partial charge in [0.1, 0.15) is 5.78 Å². The fraction of sp³-hybridized carbons (Fsp3) is 0.952. The van der Waals surface area contributed by atoms with Crippen LogP contribution in [0.3, 0.4) is 0 Å². The molecular weight excluding hydrogens is 284 g/mol. The summed E-state index contributed by atoms with van der Waals surface area (Å²) < 4.78 is 0. The molecule has 2 nitrogen and oxygen atoms in total. The number of aliphatic hydroxyl groups excluding tert-OH is 1. The van der Waals surface area contributed by atoms with Gasteiger partial charge in [0.05, 0.1) is 6.10 Å². The monoisotopic (exact) mass is 318 g/mol. The van der Waals surface area contributed by atoms with Gasteiger partial charge in [0.15, 0.2) is 0 Å². The number of ketones is 1. The maximum absolute atomic E-state index is 12.2. The fourth-order valence-electron chi connectivity index (χ4n) is 8.00. The highest BCUT2D eigenvalue weighted by Gasteiger charge is 2.60. The maximum atomic E-state index is 12.2. The third-order valence-electron chi connectivity index (χ3n) is 9.08. The van der Waals surface area contributed by atoms with Gasteiger partial charge in [0.25, 0.3) is 0 Å². The smallest absolute Gasteiger partial charge is 0.133 e. The van der Waals surface area contributed by atoms with Crippen LogP contribution in [0.2, 0.25) is 0 Å². The zero-order chi connectivity index (χ0) is 16.4. The summed E-state index contributed by atoms with van der Waals surface area (Å²) in [5.41, 5.74) is 0.625. The van der Waals surface area contributed by atoms with E-state index in [2.05, 4.69) is 13.8 Å². The van der Waals surface area contributed by atoms with E-state index in [1.807, 2.05) is 6.92 Å². The van der Waals surface area contributed by atoms with Crippen LogP contribution >= 0.6 is 0 Å². The van der Waals surface area contributed by atoms with Gasteiger partial charge in [-0.2, -0.15) is 0 Å². The molecule has 4 saturated carbocycles. The minimum absolute atomic E-state index is 0.0724. The standard InChI is InChI=1S/C21H34O2/c1-13(22)17-8-9-18-16-7-5-14-4-6-15(23)12-21(14,3)19(16)10-11-20(17,18)2/h14-19,23H,4-12H2,1-3H3/t14?,15?,16-,17+,18-,19-,20+,21-/m0/s1. The van der Waals surface area contributed by atoms with Crippen LogP contribution in [-0.2, 0) is 4.79 Å². The highest BCUT2D eigenvalue weighted by molar-refractivity contribution is 5.79. The number of hydrogen-bond donors (Lipinski definition) is 1. The molecule has 4 fully saturated rings. The average Bonchev–Trinajstić information content (AvgIpc) is 2.83. The molecule has 4 aliphatic carbocycles. The maximum Gasteiger partial charge on any atom is 0.133 e. The fourth-order valence-corrected chi connectivity index (χ4v) is 8.00. The molecule has 2 heteroatoms. The molecule has 130 valence electrons. The topological polar surface area (TPSA) is 37.3 Å². The molecular formula is C21H34O2. The Bertz CT molecular complexity index is 500.